The molecule has 2 aliphatic heterocycles. The van der Waals surface area contributed by atoms with Crippen molar-refractivity contribution in [1.29, 1.82) is 0 Å². The highest BCUT2D eigenvalue weighted by atomic mass is 32.1. The second-order valence-electron chi connectivity index (χ2n) is 9.04. The molecule has 1 spiro atoms. The molecular weight excluding hydrogens is 370 g/mol. The van der Waals surface area contributed by atoms with Gasteiger partial charge in [-0.15, -0.1) is 0 Å². The molecule has 6 nitrogen and oxygen atoms in total. The Morgan fingerprint density at radius 2 is 1.96 bits per heavy atom. The number of pyridine rings is 1. The van der Waals surface area contributed by atoms with Gasteiger partial charge in [0, 0.05) is 48.6 Å². The van der Waals surface area contributed by atoms with E-state index in [0.717, 1.165) is 29.4 Å². The smallest absolute Gasteiger partial charge is 0.199 e. The maximum absolute atomic E-state index is 6.12. The van der Waals surface area contributed by atoms with Crippen molar-refractivity contribution in [1.82, 2.24) is 24.2 Å². The van der Waals surface area contributed by atoms with E-state index in [1.54, 1.807) is 0 Å². The number of ether oxygens (including phenoxy) is 1. The molecule has 0 bridgehead atoms. The first-order chi connectivity index (χ1) is 13.8. The van der Waals surface area contributed by atoms with Gasteiger partial charge in [-0.25, -0.2) is 4.68 Å². The molecule has 2 aromatic rings. The van der Waals surface area contributed by atoms with Gasteiger partial charge in [-0.2, -0.15) is 5.10 Å². The first-order valence-corrected chi connectivity index (χ1v) is 11.1. The van der Waals surface area contributed by atoms with E-state index >= 15 is 0 Å². The lowest BCUT2D eigenvalue weighted by atomic mass is 9.56. The fraction of sp³-hybridized carbons (Fsp3) is 0.667. The molecule has 0 radical (unpaired) electrons. The van der Waals surface area contributed by atoms with Crippen molar-refractivity contribution >= 4 is 12.2 Å². The van der Waals surface area contributed by atoms with Crippen LogP contribution in [0.1, 0.15) is 51.0 Å². The van der Waals surface area contributed by atoms with Gasteiger partial charge in [-0.05, 0) is 62.9 Å². The lowest BCUT2D eigenvalue weighted by Crippen LogP contribution is -2.71. The SMILES string of the molecule is S=c1n(CN2CC3(CCC3)C2C2CCCO2)nc(-c2ccncc2)n1C1CC1. The predicted octanol–water partition coefficient (Wildman–Crippen LogP) is 3.80. The van der Waals surface area contributed by atoms with Crippen molar-refractivity contribution in [2.75, 3.05) is 13.2 Å². The summed E-state index contributed by atoms with van der Waals surface area (Å²) < 4.78 is 11.3. The number of hydrogen-bond donors (Lipinski definition) is 0. The molecule has 0 N–H and O–H groups in total. The normalized spacial score (nSPS) is 29.0. The van der Waals surface area contributed by atoms with Crippen LogP contribution in [-0.2, 0) is 11.4 Å². The van der Waals surface area contributed by atoms with Crippen LogP contribution in [0, 0.1) is 10.2 Å². The molecule has 4 heterocycles. The fourth-order valence-electron chi connectivity index (χ4n) is 5.62. The minimum Gasteiger partial charge on any atom is -0.377 e. The van der Waals surface area contributed by atoms with Crippen molar-refractivity contribution < 1.29 is 4.74 Å². The Morgan fingerprint density at radius 1 is 1.14 bits per heavy atom. The molecule has 0 aromatic carbocycles. The van der Waals surface area contributed by atoms with Crippen LogP contribution < -0.4 is 0 Å². The van der Waals surface area contributed by atoms with E-state index < -0.39 is 0 Å². The van der Waals surface area contributed by atoms with Crippen molar-refractivity contribution in [3.8, 4) is 11.4 Å². The van der Waals surface area contributed by atoms with Gasteiger partial charge in [-0.1, -0.05) is 6.42 Å². The zero-order valence-electron chi connectivity index (χ0n) is 16.2. The summed E-state index contributed by atoms with van der Waals surface area (Å²) in [6.07, 6.45) is 13.0. The zero-order chi connectivity index (χ0) is 18.7. The third-order valence-corrected chi connectivity index (χ3v) is 7.65. The molecule has 4 aliphatic rings. The highest BCUT2D eigenvalue weighted by Crippen LogP contribution is 2.55. The summed E-state index contributed by atoms with van der Waals surface area (Å²) >= 11 is 5.88. The Balaban J connectivity index is 1.31. The standard InChI is InChI=1S/C21H27N5OS/c28-20-25(23-19(26(20)16-4-5-16)15-6-10-22-11-7-15)14-24-13-21(8-2-9-21)18(24)17-3-1-12-27-17/h6-7,10-11,16-18H,1-5,8-9,12-14H2. The van der Waals surface area contributed by atoms with Gasteiger partial charge in [0.1, 0.15) is 0 Å². The average molecular weight is 398 g/mol. The summed E-state index contributed by atoms with van der Waals surface area (Å²) in [5.41, 5.74) is 1.60. The van der Waals surface area contributed by atoms with Gasteiger partial charge in [0.05, 0.1) is 12.8 Å². The molecule has 2 aliphatic carbocycles. The number of aromatic nitrogens is 4. The highest BCUT2D eigenvalue weighted by Gasteiger charge is 2.59. The second-order valence-corrected chi connectivity index (χ2v) is 9.41. The van der Waals surface area contributed by atoms with Crippen molar-refractivity contribution in [2.24, 2.45) is 5.41 Å². The van der Waals surface area contributed by atoms with E-state index in [-0.39, 0.29) is 0 Å². The molecule has 6 rings (SSSR count). The van der Waals surface area contributed by atoms with Gasteiger partial charge >= 0.3 is 0 Å². The Morgan fingerprint density at radius 3 is 2.61 bits per heavy atom. The first-order valence-electron chi connectivity index (χ1n) is 10.7. The van der Waals surface area contributed by atoms with Crippen LogP contribution in [-0.4, -0.2) is 49.5 Å². The molecule has 2 atom stereocenters. The van der Waals surface area contributed by atoms with Crippen LogP contribution >= 0.6 is 12.2 Å². The van der Waals surface area contributed by atoms with Crippen LogP contribution in [0.5, 0.6) is 0 Å². The fourth-order valence-corrected chi connectivity index (χ4v) is 5.95. The number of rotatable bonds is 5. The van der Waals surface area contributed by atoms with Crippen LogP contribution in [0.3, 0.4) is 0 Å². The zero-order valence-corrected chi connectivity index (χ0v) is 17.0. The number of likely N-dealkylation sites (tertiary alicyclic amines) is 1. The monoisotopic (exact) mass is 397 g/mol. The lowest BCUT2D eigenvalue weighted by Gasteiger charge is -2.63. The molecule has 4 fully saturated rings. The van der Waals surface area contributed by atoms with E-state index in [0.29, 0.717) is 23.6 Å². The maximum Gasteiger partial charge on any atom is 0.199 e. The minimum atomic E-state index is 0.397. The van der Waals surface area contributed by atoms with Crippen molar-refractivity contribution in [3.05, 3.63) is 29.3 Å². The third-order valence-electron chi connectivity index (χ3n) is 7.24. The Bertz CT molecular complexity index is 924. The molecule has 148 valence electrons. The summed E-state index contributed by atoms with van der Waals surface area (Å²) in [6, 6.07) is 5.11. The van der Waals surface area contributed by atoms with E-state index in [1.807, 2.05) is 24.5 Å². The average Bonchev–Trinajstić information content (AvgIpc) is 3.26. The van der Waals surface area contributed by atoms with E-state index in [4.69, 9.17) is 22.1 Å². The van der Waals surface area contributed by atoms with Gasteiger partial charge < -0.3 is 4.74 Å². The van der Waals surface area contributed by atoms with E-state index in [2.05, 4.69) is 19.1 Å². The quantitative estimate of drug-likeness (QED) is 0.718. The number of nitrogens with zero attached hydrogens (tertiary/aromatic N) is 5. The molecule has 0 amide bonds. The van der Waals surface area contributed by atoms with E-state index in [1.165, 1.54) is 51.5 Å². The Hall–Kier alpha value is -1.57. The molecule has 2 saturated carbocycles. The third kappa shape index (κ3) is 2.63. The molecule has 28 heavy (non-hydrogen) atoms. The molecule has 7 heteroatoms. The molecular formula is C21H27N5OS. The van der Waals surface area contributed by atoms with Crippen LogP contribution in [0.4, 0.5) is 0 Å². The van der Waals surface area contributed by atoms with Crippen LogP contribution in [0.15, 0.2) is 24.5 Å². The largest absolute Gasteiger partial charge is 0.377 e. The predicted molar refractivity (Wildman–Crippen MR) is 108 cm³/mol. The van der Waals surface area contributed by atoms with Gasteiger partial charge in [0.15, 0.2) is 10.6 Å². The highest BCUT2D eigenvalue weighted by molar-refractivity contribution is 7.71. The minimum absolute atomic E-state index is 0.397. The van der Waals surface area contributed by atoms with Gasteiger partial charge in [0.25, 0.3) is 0 Å². The maximum atomic E-state index is 6.12. The topological polar surface area (TPSA) is 48.1 Å². The molecule has 2 unspecified atom stereocenters. The van der Waals surface area contributed by atoms with Crippen molar-refractivity contribution in [2.45, 2.75) is 69.8 Å². The Kier molecular flexibility index (Phi) is 4.00. The van der Waals surface area contributed by atoms with Crippen LogP contribution in [0.25, 0.3) is 11.4 Å². The summed E-state index contributed by atoms with van der Waals surface area (Å²) in [4.78, 5) is 6.73. The summed E-state index contributed by atoms with van der Waals surface area (Å²) in [7, 11) is 0. The van der Waals surface area contributed by atoms with Crippen LogP contribution in [0.2, 0.25) is 0 Å². The van der Waals surface area contributed by atoms with E-state index in [9.17, 15) is 0 Å². The number of hydrogen-bond acceptors (Lipinski definition) is 5. The lowest BCUT2D eigenvalue weighted by molar-refractivity contribution is -0.185. The molecule has 2 aromatic heterocycles. The second kappa shape index (κ2) is 6.47. The Labute approximate surface area is 170 Å². The molecule has 2 saturated heterocycles. The summed E-state index contributed by atoms with van der Waals surface area (Å²) in [5.74, 6) is 0.988. The summed E-state index contributed by atoms with van der Waals surface area (Å²) in [5, 5.41) is 4.98. The van der Waals surface area contributed by atoms with Gasteiger partial charge in [0.2, 0.25) is 0 Å². The first kappa shape index (κ1) is 17.3. The van der Waals surface area contributed by atoms with Crippen molar-refractivity contribution in [3.63, 3.8) is 0 Å². The van der Waals surface area contributed by atoms with Gasteiger partial charge in [-0.3, -0.25) is 14.5 Å². The summed E-state index contributed by atoms with van der Waals surface area (Å²) in [6.45, 7) is 2.87.